The molecule has 198 valence electrons. The van der Waals surface area contributed by atoms with Crippen LogP contribution in [0.1, 0.15) is 64.8 Å². The van der Waals surface area contributed by atoms with Gasteiger partial charge < -0.3 is 37.9 Å². The number of amides is 2. The molecule has 2 aromatic rings. The maximum Gasteiger partial charge on any atom is 0.254 e. The first-order valence-electron chi connectivity index (χ1n) is 12.3. The van der Waals surface area contributed by atoms with Crippen molar-refractivity contribution in [3.8, 4) is 0 Å². The second-order valence-electron chi connectivity index (χ2n) is 9.98. The molecule has 0 saturated carbocycles. The van der Waals surface area contributed by atoms with E-state index in [0.717, 1.165) is 24.1 Å². The Morgan fingerprint density at radius 1 is 1.19 bits per heavy atom. The van der Waals surface area contributed by atoms with E-state index in [0.29, 0.717) is 24.1 Å². The van der Waals surface area contributed by atoms with Crippen LogP contribution in [0, 0.1) is 0 Å². The van der Waals surface area contributed by atoms with Crippen molar-refractivity contribution in [3.05, 3.63) is 87.2 Å². The van der Waals surface area contributed by atoms with Crippen molar-refractivity contribution < 1.29 is 14.3 Å². The average Bonchev–Trinajstić information content (AvgIpc) is 3.52. The number of hydrogen-bond acceptors (Lipinski definition) is 7. The van der Waals surface area contributed by atoms with Crippen LogP contribution in [0.5, 0.6) is 0 Å². The van der Waals surface area contributed by atoms with E-state index in [-0.39, 0.29) is 22.9 Å². The van der Waals surface area contributed by atoms with E-state index in [9.17, 15) is 9.59 Å². The van der Waals surface area contributed by atoms with Crippen molar-refractivity contribution in [2.24, 2.45) is 22.9 Å². The predicted molar refractivity (Wildman–Crippen MR) is 146 cm³/mol. The lowest BCUT2D eigenvalue weighted by Gasteiger charge is -2.37. The molecule has 2 aliphatic rings. The van der Waals surface area contributed by atoms with Gasteiger partial charge in [-0.25, -0.2) is 0 Å². The molecular formula is C27H35N6O3S-. The Labute approximate surface area is 221 Å². The van der Waals surface area contributed by atoms with Crippen LogP contribution in [0.15, 0.2) is 59.6 Å². The van der Waals surface area contributed by atoms with Gasteiger partial charge in [-0.1, -0.05) is 37.3 Å². The van der Waals surface area contributed by atoms with Crippen LogP contribution in [0.2, 0.25) is 0 Å². The van der Waals surface area contributed by atoms with Gasteiger partial charge in [0.2, 0.25) is 5.91 Å². The fourth-order valence-corrected chi connectivity index (χ4v) is 5.81. The highest BCUT2D eigenvalue weighted by atomic mass is 32.2. The molecule has 0 aromatic heterocycles. The van der Waals surface area contributed by atoms with Gasteiger partial charge in [-0.3, -0.25) is 9.59 Å². The van der Waals surface area contributed by atoms with Crippen molar-refractivity contribution in [2.75, 3.05) is 6.54 Å². The van der Waals surface area contributed by atoms with Gasteiger partial charge in [-0.05, 0) is 66.3 Å². The van der Waals surface area contributed by atoms with Gasteiger partial charge in [0.05, 0.1) is 5.54 Å². The van der Waals surface area contributed by atoms with Gasteiger partial charge in [0.1, 0.15) is 12.5 Å². The molecule has 5 atom stereocenters. The van der Waals surface area contributed by atoms with E-state index >= 15 is 0 Å². The number of primary amides is 1. The molecule has 2 aromatic carbocycles. The number of thioether (sulfide) groups is 1. The molecule has 2 heterocycles. The molecular weight excluding hydrogens is 488 g/mol. The number of rotatable bonds is 9. The molecule has 2 aliphatic heterocycles. The Morgan fingerprint density at radius 2 is 1.89 bits per heavy atom. The Bertz CT molecular complexity index is 1170. The van der Waals surface area contributed by atoms with E-state index in [4.69, 9.17) is 27.7 Å². The molecule has 0 aliphatic carbocycles. The van der Waals surface area contributed by atoms with Gasteiger partial charge in [-0.2, -0.15) is 5.70 Å². The summed E-state index contributed by atoms with van der Waals surface area (Å²) >= 11 is 1.63. The summed E-state index contributed by atoms with van der Waals surface area (Å²) in [5.74, 6) is -0.865. The third-order valence-electron chi connectivity index (χ3n) is 6.78. The van der Waals surface area contributed by atoms with Gasteiger partial charge in [-0.15, -0.1) is 11.8 Å². The van der Waals surface area contributed by atoms with Crippen molar-refractivity contribution in [3.63, 3.8) is 0 Å². The van der Waals surface area contributed by atoms with Crippen LogP contribution in [0.4, 0.5) is 0 Å². The highest BCUT2D eigenvalue weighted by Crippen LogP contribution is 2.40. The fraction of sp³-hybridized carbons (Fsp3) is 0.407. The first-order chi connectivity index (χ1) is 17.5. The second kappa shape index (κ2) is 11.2. The molecule has 0 radical (unpaired) electrons. The lowest BCUT2D eigenvalue weighted by atomic mass is 9.92. The summed E-state index contributed by atoms with van der Waals surface area (Å²) in [7, 11) is 0. The van der Waals surface area contributed by atoms with Crippen molar-refractivity contribution in [2.45, 2.75) is 62.5 Å². The third-order valence-corrected chi connectivity index (χ3v) is 7.96. The minimum absolute atomic E-state index is 0.0267. The van der Waals surface area contributed by atoms with Crippen LogP contribution in [-0.2, 0) is 11.2 Å². The largest absolute Gasteiger partial charge is 0.675 e. The molecule has 8 N–H and O–H groups in total. The monoisotopic (exact) mass is 523 g/mol. The predicted octanol–water partition coefficient (Wildman–Crippen LogP) is 2.92. The maximum absolute atomic E-state index is 13.6. The highest BCUT2D eigenvalue weighted by molar-refractivity contribution is 8.03. The van der Waals surface area contributed by atoms with Crippen molar-refractivity contribution in [1.29, 1.82) is 0 Å². The average molecular weight is 524 g/mol. The number of hydrogen-bond donors (Lipinski definition) is 4. The minimum atomic E-state index is -1.03. The number of nitrogens with zero attached hydrogens (tertiary/aromatic N) is 2. The zero-order valence-corrected chi connectivity index (χ0v) is 22.0. The number of carbonyl (C=O) groups is 2. The zero-order chi connectivity index (χ0) is 26.7. The lowest BCUT2D eigenvalue weighted by molar-refractivity contribution is -0.0443. The van der Waals surface area contributed by atoms with Gasteiger partial charge in [0, 0.05) is 23.7 Å². The van der Waals surface area contributed by atoms with Crippen LogP contribution < -0.4 is 22.9 Å². The van der Waals surface area contributed by atoms with Crippen LogP contribution >= 0.6 is 11.8 Å². The quantitative estimate of drug-likeness (QED) is 0.367. The maximum atomic E-state index is 13.6. The van der Waals surface area contributed by atoms with Crippen LogP contribution in [0.25, 0.3) is 5.32 Å². The van der Waals surface area contributed by atoms with E-state index < -0.39 is 23.9 Å². The zero-order valence-electron chi connectivity index (χ0n) is 21.2. The SMILES string of the molecule is CC1=CSC([C@H]2CCCN2C(=O)c2cc(C(N)=O)cc(C(N)OC(N)C(C)(N)Cc3ccccc3)c2)[N-]1. The lowest BCUT2D eigenvalue weighted by Crippen LogP contribution is -2.56. The number of nitrogens with two attached hydrogens (primary N) is 4. The number of benzene rings is 2. The first kappa shape index (κ1) is 27.2. The summed E-state index contributed by atoms with van der Waals surface area (Å²) in [6, 6.07) is 14.4. The molecule has 0 bridgehead atoms. The molecule has 4 rings (SSSR count). The third kappa shape index (κ3) is 6.34. The van der Waals surface area contributed by atoms with Gasteiger partial charge >= 0.3 is 0 Å². The Balaban J connectivity index is 1.52. The van der Waals surface area contributed by atoms with Crippen LogP contribution in [-0.4, -0.2) is 46.4 Å². The summed E-state index contributed by atoms with van der Waals surface area (Å²) in [6.45, 7) is 4.36. The number of allylic oxidation sites excluding steroid dienone is 1. The minimum Gasteiger partial charge on any atom is -0.675 e. The second-order valence-corrected chi connectivity index (χ2v) is 11.0. The Morgan fingerprint density at radius 3 is 2.54 bits per heavy atom. The Kier molecular flexibility index (Phi) is 8.25. The summed E-state index contributed by atoms with van der Waals surface area (Å²) in [5.41, 5.74) is 26.7. The standard InChI is InChI=1S/C27H35N6O3S/c1-16-15-37-24(32-16)21-9-6-10-33(21)25(35)20-12-18(22(28)34)11-19(13-20)23(29)36-26(30)27(2,31)14-17-7-4-3-5-8-17/h3-5,7-8,11-13,15,21,23-24,26H,6,9-10,14,29-31H2,1-2H3,(H2,28,34)/q-1/t21-,23?,24?,26?,27?/m1/s1. The molecule has 1 fully saturated rings. The highest BCUT2D eigenvalue weighted by Gasteiger charge is 2.34. The van der Waals surface area contributed by atoms with Crippen molar-refractivity contribution >= 4 is 23.6 Å². The van der Waals surface area contributed by atoms with E-state index in [2.05, 4.69) is 5.32 Å². The molecule has 0 spiro atoms. The van der Waals surface area contributed by atoms with Crippen molar-refractivity contribution in [1.82, 2.24) is 4.90 Å². The van der Waals surface area contributed by atoms with E-state index in [1.54, 1.807) is 24.8 Å². The molecule has 4 unspecified atom stereocenters. The van der Waals surface area contributed by atoms with Gasteiger partial charge in [0.25, 0.3) is 5.91 Å². The van der Waals surface area contributed by atoms with Crippen LogP contribution in [0.3, 0.4) is 0 Å². The first-order valence-corrected chi connectivity index (χ1v) is 13.3. The smallest absolute Gasteiger partial charge is 0.254 e. The number of carbonyl (C=O) groups excluding carboxylic acids is 2. The van der Waals surface area contributed by atoms with E-state index in [1.807, 2.05) is 47.6 Å². The summed E-state index contributed by atoms with van der Waals surface area (Å²) in [5, 5.41) is 6.65. The topological polar surface area (TPSA) is 165 Å². The van der Waals surface area contributed by atoms with E-state index in [1.165, 1.54) is 12.1 Å². The summed E-state index contributed by atoms with van der Waals surface area (Å²) < 4.78 is 5.91. The molecule has 37 heavy (non-hydrogen) atoms. The molecule has 10 heteroatoms. The molecule has 2 amide bonds. The Hall–Kier alpha value is -2.89. The van der Waals surface area contributed by atoms with Gasteiger partial charge in [0.15, 0.2) is 0 Å². The summed E-state index contributed by atoms with van der Waals surface area (Å²) in [6.07, 6.45) is 0.282. The molecule has 1 saturated heterocycles. The summed E-state index contributed by atoms with van der Waals surface area (Å²) in [4.78, 5) is 27.5. The normalized spacial score (nSPS) is 22.6. The number of likely N-dealkylation sites (tertiary alicyclic amines) is 1. The number of ether oxygens (including phenoxy) is 1. The molecule has 9 nitrogen and oxygen atoms in total. The fourth-order valence-electron chi connectivity index (χ4n) is 4.72.